The van der Waals surface area contributed by atoms with E-state index in [1.807, 2.05) is 0 Å². The Balaban J connectivity index is 1.74. The van der Waals surface area contributed by atoms with Crippen LogP contribution in [0.5, 0.6) is 0 Å². The lowest BCUT2D eigenvalue weighted by molar-refractivity contribution is 0.0692. The molecule has 1 heterocycles. The second kappa shape index (κ2) is 10.8. The fraction of sp³-hybridized carbons (Fsp3) is 0.107. The molecule has 0 bridgehead atoms. The maximum atomic E-state index is 15.0. The molecule has 2 N–H and O–H groups in total. The second-order valence-electron chi connectivity index (χ2n) is 8.46. The van der Waals surface area contributed by atoms with Gasteiger partial charge >= 0.3 is 5.97 Å². The SMILES string of the molecule is Cn1cc(C(C[C@@H](c2ccc(-c3ccc(C(=O)O)c(F)c3)cc2)c2ccc(Cl)cc2F)=NO)ccc1=O. The molecule has 1 aromatic heterocycles. The minimum atomic E-state index is -1.35. The molecule has 0 amide bonds. The van der Waals surface area contributed by atoms with Crippen LogP contribution in [0.15, 0.2) is 88.9 Å². The highest BCUT2D eigenvalue weighted by Crippen LogP contribution is 2.34. The molecule has 9 heteroatoms. The molecule has 1 atom stereocenters. The highest BCUT2D eigenvalue weighted by molar-refractivity contribution is 6.30. The fourth-order valence-electron chi connectivity index (χ4n) is 4.14. The van der Waals surface area contributed by atoms with Gasteiger partial charge in [0.15, 0.2) is 0 Å². The van der Waals surface area contributed by atoms with Crippen LogP contribution < -0.4 is 5.56 Å². The van der Waals surface area contributed by atoms with Crippen molar-refractivity contribution in [3.05, 3.63) is 128 Å². The number of carboxylic acid groups (broad SMARTS) is 1. The van der Waals surface area contributed by atoms with E-state index in [0.717, 1.165) is 6.07 Å². The maximum Gasteiger partial charge on any atom is 0.338 e. The Morgan fingerprint density at radius 2 is 1.68 bits per heavy atom. The van der Waals surface area contributed by atoms with Crippen LogP contribution in [0.1, 0.15) is 39.4 Å². The average Bonchev–Trinajstić information content (AvgIpc) is 2.87. The third-order valence-electron chi connectivity index (χ3n) is 6.12. The summed E-state index contributed by atoms with van der Waals surface area (Å²) in [7, 11) is 1.57. The van der Waals surface area contributed by atoms with Gasteiger partial charge in [-0.2, -0.15) is 0 Å². The number of rotatable bonds is 7. The molecule has 0 fully saturated rings. The van der Waals surface area contributed by atoms with E-state index in [-0.39, 0.29) is 22.7 Å². The quantitative estimate of drug-likeness (QED) is 0.175. The molecule has 6 nitrogen and oxygen atoms in total. The number of hydrogen-bond acceptors (Lipinski definition) is 4. The van der Waals surface area contributed by atoms with Crippen molar-refractivity contribution in [1.82, 2.24) is 4.57 Å². The van der Waals surface area contributed by atoms with Gasteiger partial charge in [0, 0.05) is 42.2 Å². The first-order chi connectivity index (χ1) is 17.7. The molecule has 0 radical (unpaired) electrons. The van der Waals surface area contributed by atoms with Crippen molar-refractivity contribution >= 4 is 23.3 Å². The van der Waals surface area contributed by atoms with Crippen molar-refractivity contribution in [2.45, 2.75) is 12.3 Å². The average molecular weight is 523 g/mol. The molecule has 0 aliphatic carbocycles. The van der Waals surface area contributed by atoms with E-state index in [4.69, 9.17) is 16.7 Å². The van der Waals surface area contributed by atoms with Crippen molar-refractivity contribution in [1.29, 1.82) is 0 Å². The van der Waals surface area contributed by atoms with E-state index in [9.17, 15) is 19.2 Å². The predicted octanol–water partition coefficient (Wildman–Crippen LogP) is 6.08. The summed E-state index contributed by atoms with van der Waals surface area (Å²) >= 11 is 5.96. The number of carbonyl (C=O) groups is 1. The molecule has 4 rings (SSSR count). The number of oxime groups is 1. The molecule has 4 aromatic rings. The lowest BCUT2D eigenvalue weighted by atomic mass is 9.84. The largest absolute Gasteiger partial charge is 0.478 e. The van der Waals surface area contributed by atoms with Gasteiger partial charge in [-0.15, -0.1) is 0 Å². The van der Waals surface area contributed by atoms with Crippen molar-refractivity contribution in [3.8, 4) is 11.1 Å². The molecular weight excluding hydrogens is 502 g/mol. The van der Waals surface area contributed by atoms with E-state index in [1.54, 1.807) is 43.4 Å². The molecule has 0 saturated heterocycles. The predicted molar refractivity (Wildman–Crippen MR) is 137 cm³/mol. The Bertz CT molecular complexity index is 1570. The Hall–Kier alpha value is -4.30. The Morgan fingerprint density at radius 1 is 0.973 bits per heavy atom. The van der Waals surface area contributed by atoms with Gasteiger partial charge in [0.05, 0.1) is 11.3 Å². The fourth-order valence-corrected chi connectivity index (χ4v) is 4.30. The van der Waals surface area contributed by atoms with Gasteiger partial charge in [0.2, 0.25) is 5.56 Å². The molecule has 3 aromatic carbocycles. The number of hydrogen-bond donors (Lipinski definition) is 2. The van der Waals surface area contributed by atoms with Crippen LogP contribution in [0.25, 0.3) is 11.1 Å². The summed E-state index contributed by atoms with van der Waals surface area (Å²) in [5, 5.41) is 22.5. The highest BCUT2D eigenvalue weighted by atomic mass is 35.5. The van der Waals surface area contributed by atoms with Gasteiger partial charge in [0.1, 0.15) is 11.6 Å². The summed E-state index contributed by atoms with van der Waals surface area (Å²) in [6, 6.07) is 18.0. The number of aromatic carboxylic acids is 1. The number of carboxylic acids is 1. The summed E-state index contributed by atoms with van der Waals surface area (Å²) in [6.07, 6.45) is 1.62. The molecule has 0 aliphatic heterocycles. The van der Waals surface area contributed by atoms with Gasteiger partial charge in [-0.1, -0.05) is 53.2 Å². The van der Waals surface area contributed by atoms with Crippen molar-refractivity contribution < 1.29 is 23.9 Å². The summed E-state index contributed by atoms with van der Waals surface area (Å²) < 4.78 is 30.6. The van der Waals surface area contributed by atoms with Gasteiger partial charge in [-0.05, 0) is 52.6 Å². The molecule has 0 spiro atoms. The monoisotopic (exact) mass is 522 g/mol. The standard InChI is InChI=1S/C28H21ClF2N2O4/c1-33-15-19(7-11-27(33)34)26(32-37)14-23(21-10-8-20(29)13-25(21)31)17-4-2-16(3-5-17)18-6-9-22(28(35)36)24(30)12-18/h2-13,15,23,37H,14H2,1H3,(H,35,36)/t23-/m0/s1. The van der Waals surface area contributed by atoms with Gasteiger partial charge in [-0.25, -0.2) is 13.6 Å². The zero-order chi connectivity index (χ0) is 26.7. The van der Waals surface area contributed by atoms with Crippen LogP contribution in [0.3, 0.4) is 0 Å². The van der Waals surface area contributed by atoms with Crippen molar-refractivity contribution in [2.75, 3.05) is 0 Å². The van der Waals surface area contributed by atoms with E-state index in [1.165, 1.54) is 41.1 Å². The van der Waals surface area contributed by atoms with Crippen LogP contribution in [-0.4, -0.2) is 26.6 Å². The van der Waals surface area contributed by atoms with Crippen LogP contribution >= 0.6 is 11.6 Å². The first kappa shape index (κ1) is 25.8. The molecule has 0 aliphatic rings. The number of aryl methyl sites for hydroxylation is 1. The first-order valence-electron chi connectivity index (χ1n) is 11.1. The van der Waals surface area contributed by atoms with Gasteiger partial charge in [-0.3, -0.25) is 4.79 Å². The highest BCUT2D eigenvalue weighted by Gasteiger charge is 2.22. The summed E-state index contributed by atoms with van der Waals surface area (Å²) in [5.74, 6) is -3.34. The topological polar surface area (TPSA) is 91.9 Å². The van der Waals surface area contributed by atoms with Gasteiger partial charge < -0.3 is 14.9 Å². The minimum absolute atomic E-state index is 0.0918. The number of benzene rings is 3. The van der Waals surface area contributed by atoms with Crippen molar-refractivity contribution in [3.63, 3.8) is 0 Å². The number of nitrogens with zero attached hydrogens (tertiary/aromatic N) is 2. The lowest BCUT2D eigenvalue weighted by Crippen LogP contribution is -2.18. The van der Waals surface area contributed by atoms with E-state index in [0.29, 0.717) is 27.8 Å². The number of pyridine rings is 1. The molecule has 0 saturated carbocycles. The number of halogens is 3. The van der Waals surface area contributed by atoms with E-state index < -0.39 is 29.1 Å². The summed E-state index contributed by atoms with van der Waals surface area (Å²) in [4.78, 5) is 22.9. The second-order valence-corrected chi connectivity index (χ2v) is 8.89. The normalized spacial score (nSPS) is 12.4. The Labute approximate surface area is 215 Å². The van der Waals surface area contributed by atoms with Gasteiger partial charge in [0.25, 0.3) is 0 Å². The zero-order valence-electron chi connectivity index (χ0n) is 19.5. The Morgan fingerprint density at radius 3 is 2.27 bits per heavy atom. The van der Waals surface area contributed by atoms with Crippen molar-refractivity contribution in [2.24, 2.45) is 12.2 Å². The lowest BCUT2D eigenvalue weighted by Gasteiger charge is -2.20. The van der Waals surface area contributed by atoms with Crippen LogP contribution in [0, 0.1) is 11.6 Å². The van der Waals surface area contributed by atoms with E-state index in [2.05, 4.69) is 5.16 Å². The van der Waals surface area contributed by atoms with Crippen LogP contribution in [0.2, 0.25) is 5.02 Å². The Kier molecular flexibility index (Phi) is 7.50. The first-order valence-corrected chi connectivity index (χ1v) is 11.5. The summed E-state index contributed by atoms with van der Waals surface area (Å²) in [6.45, 7) is 0. The smallest absolute Gasteiger partial charge is 0.338 e. The molecule has 37 heavy (non-hydrogen) atoms. The minimum Gasteiger partial charge on any atom is -0.478 e. The molecule has 0 unspecified atom stereocenters. The van der Waals surface area contributed by atoms with E-state index >= 15 is 4.39 Å². The molecular formula is C28H21ClF2N2O4. The molecule has 188 valence electrons. The third-order valence-corrected chi connectivity index (χ3v) is 6.36. The van der Waals surface area contributed by atoms with Crippen LogP contribution in [0.4, 0.5) is 8.78 Å². The maximum absolute atomic E-state index is 15.0. The third kappa shape index (κ3) is 5.59. The summed E-state index contributed by atoms with van der Waals surface area (Å²) in [5.41, 5.74) is 2.19. The van der Waals surface area contributed by atoms with Crippen LogP contribution in [-0.2, 0) is 7.05 Å². The zero-order valence-corrected chi connectivity index (χ0v) is 20.3. The number of aromatic nitrogens is 1.